The first kappa shape index (κ1) is 12.5. The summed E-state index contributed by atoms with van der Waals surface area (Å²) in [6.07, 6.45) is 3.01. The molecule has 0 spiro atoms. The van der Waals surface area contributed by atoms with Gasteiger partial charge in [-0.15, -0.1) is 0 Å². The van der Waals surface area contributed by atoms with Gasteiger partial charge in [0, 0.05) is 36.7 Å². The van der Waals surface area contributed by atoms with Crippen molar-refractivity contribution in [1.29, 1.82) is 0 Å². The first-order valence-corrected chi connectivity index (χ1v) is 6.21. The Morgan fingerprint density at radius 1 is 1.39 bits per heavy atom. The predicted molar refractivity (Wildman–Crippen MR) is 75.5 cm³/mol. The van der Waals surface area contributed by atoms with Crippen LogP contribution in [0.5, 0.6) is 0 Å². The Hall–Kier alpha value is -1.97. The molecule has 0 aliphatic carbocycles. The van der Waals surface area contributed by atoms with E-state index in [9.17, 15) is 0 Å². The van der Waals surface area contributed by atoms with E-state index in [2.05, 4.69) is 23.5 Å². The minimum atomic E-state index is 0.777. The van der Waals surface area contributed by atoms with Gasteiger partial charge in [-0.2, -0.15) is 5.10 Å². The van der Waals surface area contributed by atoms with Crippen molar-refractivity contribution in [3.05, 3.63) is 41.2 Å². The number of hydrogen-bond acceptors (Lipinski definition) is 3. The number of rotatable bonds is 4. The van der Waals surface area contributed by atoms with E-state index in [1.54, 1.807) is 0 Å². The summed E-state index contributed by atoms with van der Waals surface area (Å²) in [5, 5.41) is 7.81. The van der Waals surface area contributed by atoms with Gasteiger partial charge in [-0.3, -0.25) is 4.68 Å². The fourth-order valence-corrected chi connectivity index (χ4v) is 1.98. The highest BCUT2D eigenvalue weighted by molar-refractivity contribution is 5.58. The highest BCUT2D eigenvalue weighted by Crippen LogP contribution is 2.18. The van der Waals surface area contributed by atoms with E-state index in [0.717, 1.165) is 35.6 Å². The van der Waals surface area contributed by atoms with Gasteiger partial charge in [-0.1, -0.05) is 13.0 Å². The topological polar surface area (TPSA) is 55.9 Å². The van der Waals surface area contributed by atoms with Crippen LogP contribution in [-0.4, -0.2) is 9.78 Å². The molecule has 96 valence electrons. The van der Waals surface area contributed by atoms with Gasteiger partial charge < -0.3 is 11.1 Å². The molecular formula is C14H20N4. The number of nitrogen functional groups attached to an aromatic ring is 1. The molecule has 0 saturated heterocycles. The second kappa shape index (κ2) is 5.12. The van der Waals surface area contributed by atoms with Crippen LogP contribution in [0.25, 0.3) is 0 Å². The van der Waals surface area contributed by atoms with Gasteiger partial charge in [-0.25, -0.2) is 0 Å². The molecule has 0 atom stereocenters. The Bertz CT molecular complexity index is 543. The molecular weight excluding hydrogens is 224 g/mol. The van der Waals surface area contributed by atoms with Gasteiger partial charge in [0.05, 0.1) is 5.69 Å². The maximum absolute atomic E-state index is 5.89. The van der Waals surface area contributed by atoms with Crippen LogP contribution < -0.4 is 11.1 Å². The van der Waals surface area contributed by atoms with Crippen molar-refractivity contribution < 1.29 is 0 Å². The normalized spacial score (nSPS) is 10.6. The Balaban J connectivity index is 2.08. The van der Waals surface area contributed by atoms with Crippen LogP contribution in [0.2, 0.25) is 0 Å². The van der Waals surface area contributed by atoms with E-state index < -0.39 is 0 Å². The maximum atomic E-state index is 5.89. The number of nitrogens with one attached hydrogen (secondary N) is 1. The lowest BCUT2D eigenvalue weighted by Crippen LogP contribution is -2.02. The zero-order chi connectivity index (χ0) is 13.1. The summed E-state index contributed by atoms with van der Waals surface area (Å²) in [6.45, 7) is 4.91. The second-order valence-electron chi connectivity index (χ2n) is 4.55. The highest BCUT2D eigenvalue weighted by atomic mass is 15.3. The molecule has 2 rings (SSSR count). The molecule has 0 fully saturated rings. The third kappa shape index (κ3) is 2.64. The molecule has 1 heterocycles. The van der Waals surface area contributed by atoms with Crippen LogP contribution >= 0.6 is 0 Å². The number of nitrogens with two attached hydrogens (primary N) is 1. The monoisotopic (exact) mass is 244 g/mol. The number of hydrogen-bond donors (Lipinski definition) is 2. The summed E-state index contributed by atoms with van der Waals surface area (Å²) >= 11 is 0. The number of aryl methyl sites for hydroxylation is 3. The van der Waals surface area contributed by atoms with Crippen LogP contribution in [0.1, 0.15) is 23.7 Å². The zero-order valence-corrected chi connectivity index (χ0v) is 11.2. The number of nitrogens with zero attached hydrogens (tertiary/aromatic N) is 2. The van der Waals surface area contributed by atoms with Gasteiger partial charge in [0.15, 0.2) is 0 Å². The van der Waals surface area contributed by atoms with Crippen molar-refractivity contribution in [3.63, 3.8) is 0 Å². The Morgan fingerprint density at radius 3 is 2.83 bits per heavy atom. The van der Waals surface area contributed by atoms with E-state index in [0.29, 0.717) is 0 Å². The fourth-order valence-electron chi connectivity index (χ4n) is 1.98. The quantitative estimate of drug-likeness (QED) is 0.812. The molecule has 0 aliphatic rings. The van der Waals surface area contributed by atoms with Gasteiger partial charge >= 0.3 is 0 Å². The SMILES string of the molecule is CCc1nn(C)cc1CNc1ccc(C)c(N)c1. The van der Waals surface area contributed by atoms with Gasteiger partial charge in [0.25, 0.3) is 0 Å². The van der Waals surface area contributed by atoms with E-state index >= 15 is 0 Å². The third-order valence-electron chi connectivity index (χ3n) is 3.09. The lowest BCUT2D eigenvalue weighted by atomic mass is 10.1. The van der Waals surface area contributed by atoms with Crippen molar-refractivity contribution in [2.75, 3.05) is 11.1 Å². The Morgan fingerprint density at radius 2 is 2.17 bits per heavy atom. The van der Waals surface area contributed by atoms with Crippen molar-refractivity contribution in [2.24, 2.45) is 7.05 Å². The summed E-state index contributed by atoms with van der Waals surface area (Å²) in [5.41, 5.74) is 11.2. The summed E-state index contributed by atoms with van der Waals surface area (Å²) in [7, 11) is 1.95. The Kier molecular flexibility index (Phi) is 3.55. The molecule has 2 aromatic rings. The lowest BCUT2D eigenvalue weighted by Gasteiger charge is -2.08. The van der Waals surface area contributed by atoms with Crippen molar-refractivity contribution >= 4 is 11.4 Å². The second-order valence-corrected chi connectivity index (χ2v) is 4.55. The van der Waals surface area contributed by atoms with Crippen LogP contribution in [0, 0.1) is 6.92 Å². The first-order chi connectivity index (χ1) is 8.60. The largest absolute Gasteiger partial charge is 0.398 e. The van der Waals surface area contributed by atoms with Crippen molar-refractivity contribution in [1.82, 2.24) is 9.78 Å². The van der Waals surface area contributed by atoms with Crippen molar-refractivity contribution in [3.8, 4) is 0 Å². The summed E-state index contributed by atoms with van der Waals surface area (Å²) < 4.78 is 1.86. The minimum Gasteiger partial charge on any atom is -0.398 e. The van der Waals surface area contributed by atoms with Crippen LogP contribution in [-0.2, 0) is 20.0 Å². The van der Waals surface area contributed by atoms with E-state index in [1.165, 1.54) is 5.56 Å². The molecule has 0 bridgehead atoms. The summed E-state index contributed by atoms with van der Waals surface area (Å²) in [4.78, 5) is 0. The lowest BCUT2D eigenvalue weighted by molar-refractivity contribution is 0.746. The van der Waals surface area contributed by atoms with Gasteiger partial charge in [0.1, 0.15) is 0 Å². The van der Waals surface area contributed by atoms with Crippen LogP contribution in [0.3, 0.4) is 0 Å². The molecule has 1 aromatic heterocycles. The summed E-state index contributed by atoms with van der Waals surface area (Å²) in [5.74, 6) is 0. The van der Waals surface area contributed by atoms with E-state index in [1.807, 2.05) is 36.9 Å². The molecule has 0 amide bonds. The number of aromatic nitrogens is 2. The number of benzene rings is 1. The molecule has 3 N–H and O–H groups in total. The molecule has 4 heteroatoms. The zero-order valence-electron chi connectivity index (χ0n) is 11.2. The molecule has 0 radical (unpaired) electrons. The molecule has 0 unspecified atom stereocenters. The van der Waals surface area contributed by atoms with Crippen molar-refractivity contribution in [2.45, 2.75) is 26.8 Å². The smallest absolute Gasteiger partial charge is 0.0671 e. The average Bonchev–Trinajstić information content (AvgIpc) is 2.71. The number of anilines is 2. The standard InChI is InChI=1S/C14H20N4/c1-4-14-11(9-18(3)17-14)8-16-12-6-5-10(2)13(15)7-12/h5-7,9,16H,4,8,15H2,1-3H3. The predicted octanol–water partition coefficient (Wildman–Crippen LogP) is 2.49. The summed E-state index contributed by atoms with van der Waals surface area (Å²) in [6, 6.07) is 6.05. The van der Waals surface area contributed by atoms with Crippen LogP contribution in [0.4, 0.5) is 11.4 Å². The minimum absolute atomic E-state index is 0.777. The molecule has 4 nitrogen and oxygen atoms in total. The molecule has 18 heavy (non-hydrogen) atoms. The fraction of sp³-hybridized carbons (Fsp3) is 0.357. The van der Waals surface area contributed by atoms with Crippen LogP contribution in [0.15, 0.2) is 24.4 Å². The average molecular weight is 244 g/mol. The van der Waals surface area contributed by atoms with E-state index in [4.69, 9.17) is 5.73 Å². The highest BCUT2D eigenvalue weighted by Gasteiger charge is 2.05. The Labute approximate surface area is 108 Å². The first-order valence-electron chi connectivity index (χ1n) is 6.21. The third-order valence-corrected chi connectivity index (χ3v) is 3.09. The molecule has 0 saturated carbocycles. The van der Waals surface area contributed by atoms with Gasteiger partial charge in [0.2, 0.25) is 0 Å². The molecule has 1 aromatic carbocycles. The molecule has 0 aliphatic heterocycles. The maximum Gasteiger partial charge on any atom is 0.0671 e. The van der Waals surface area contributed by atoms with Gasteiger partial charge in [-0.05, 0) is 31.0 Å². The van der Waals surface area contributed by atoms with E-state index in [-0.39, 0.29) is 0 Å².